The van der Waals surface area contributed by atoms with Gasteiger partial charge in [0.1, 0.15) is 24.5 Å². The predicted octanol–water partition coefficient (Wildman–Crippen LogP) is 2.35. The molecule has 1 rings (SSSR count). The van der Waals surface area contributed by atoms with E-state index in [4.69, 9.17) is 4.74 Å². The van der Waals surface area contributed by atoms with Crippen LogP contribution in [0.3, 0.4) is 0 Å². The fourth-order valence-corrected chi connectivity index (χ4v) is 2.33. The third-order valence-electron chi connectivity index (χ3n) is 3.23. The number of ether oxygens (including phenoxy) is 1. The Labute approximate surface area is 105 Å². The molecule has 0 spiro atoms. The normalized spacial score (nSPS) is 11.2. The first kappa shape index (κ1) is 14.0. The molecule has 0 aliphatic carbocycles. The van der Waals surface area contributed by atoms with E-state index in [-0.39, 0.29) is 0 Å². The molecule has 17 heavy (non-hydrogen) atoms. The molecule has 96 valence electrons. The molecule has 0 radical (unpaired) electrons. The highest BCUT2D eigenvalue weighted by Crippen LogP contribution is 2.16. The van der Waals surface area contributed by atoms with Crippen LogP contribution in [0.15, 0.2) is 12.7 Å². The van der Waals surface area contributed by atoms with Gasteiger partial charge in [0.2, 0.25) is 0 Å². The molecule has 3 heteroatoms. The average molecular weight is 237 g/mol. The zero-order valence-electron chi connectivity index (χ0n) is 11.8. The molecule has 1 aromatic rings. The van der Waals surface area contributed by atoms with E-state index in [1.54, 1.807) is 7.11 Å². The summed E-state index contributed by atoms with van der Waals surface area (Å²) in [5, 5.41) is 0. The minimum absolute atomic E-state index is 0.499. The monoisotopic (exact) mass is 237 g/mol. The molecule has 1 heterocycles. The smallest absolute Gasteiger partial charge is 0.259 e. The maximum absolute atomic E-state index is 5.19. The fourth-order valence-electron chi connectivity index (χ4n) is 2.33. The van der Waals surface area contributed by atoms with Crippen molar-refractivity contribution in [2.24, 2.45) is 0 Å². The summed E-state index contributed by atoms with van der Waals surface area (Å²) in [6.45, 7) is 15.2. The minimum Gasteiger partial charge on any atom is -0.381 e. The Morgan fingerprint density at radius 1 is 1.41 bits per heavy atom. The topological polar surface area (TPSA) is 18.0 Å². The number of imidazole rings is 1. The summed E-state index contributed by atoms with van der Waals surface area (Å²) in [6.07, 6.45) is 1.96. The van der Waals surface area contributed by atoms with E-state index in [1.807, 2.05) is 6.08 Å². The predicted molar refractivity (Wildman–Crippen MR) is 70.3 cm³/mol. The zero-order valence-corrected chi connectivity index (χ0v) is 11.8. The third-order valence-corrected chi connectivity index (χ3v) is 3.23. The Hall–Kier alpha value is -1.09. The van der Waals surface area contributed by atoms with Gasteiger partial charge >= 0.3 is 0 Å². The van der Waals surface area contributed by atoms with E-state index in [9.17, 15) is 0 Å². The summed E-state index contributed by atoms with van der Waals surface area (Å²) in [6, 6.07) is 0. The number of allylic oxidation sites excluding steroid dienone is 1. The molecule has 0 atom stereocenters. The van der Waals surface area contributed by atoms with Gasteiger partial charge in [0.15, 0.2) is 0 Å². The van der Waals surface area contributed by atoms with E-state index >= 15 is 0 Å². The van der Waals surface area contributed by atoms with Gasteiger partial charge in [-0.25, -0.2) is 9.13 Å². The van der Waals surface area contributed by atoms with Crippen LogP contribution in [-0.4, -0.2) is 18.3 Å². The number of nitrogens with zero attached hydrogens (tertiary/aromatic N) is 2. The van der Waals surface area contributed by atoms with Gasteiger partial charge in [0.25, 0.3) is 5.82 Å². The van der Waals surface area contributed by atoms with Crippen LogP contribution in [0, 0.1) is 13.8 Å². The maximum Gasteiger partial charge on any atom is 0.259 e. The Bertz CT molecular complexity index is 391. The second kappa shape index (κ2) is 6.01. The Balaban J connectivity index is 3.25. The minimum atomic E-state index is 0.499. The van der Waals surface area contributed by atoms with Crippen LogP contribution in [0.4, 0.5) is 0 Å². The average Bonchev–Trinajstić information content (AvgIpc) is 2.52. The van der Waals surface area contributed by atoms with Gasteiger partial charge in [-0.1, -0.05) is 26.5 Å². The summed E-state index contributed by atoms with van der Waals surface area (Å²) < 4.78 is 9.91. The van der Waals surface area contributed by atoms with E-state index in [0.29, 0.717) is 5.92 Å². The number of rotatable bonds is 6. The third kappa shape index (κ3) is 2.78. The summed E-state index contributed by atoms with van der Waals surface area (Å²) in [5.74, 6) is 1.86. The second-order valence-corrected chi connectivity index (χ2v) is 4.73. The van der Waals surface area contributed by atoms with E-state index in [0.717, 1.165) is 19.7 Å². The van der Waals surface area contributed by atoms with Gasteiger partial charge in [0.05, 0.1) is 12.5 Å². The highest BCUT2D eigenvalue weighted by atomic mass is 16.5. The van der Waals surface area contributed by atoms with Crippen molar-refractivity contribution in [3.05, 3.63) is 29.9 Å². The van der Waals surface area contributed by atoms with Crippen LogP contribution in [0.25, 0.3) is 0 Å². The lowest BCUT2D eigenvalue weighted by atomic mass is 10.2. The molecule has 0 fully saturated rings. The molecule has 0 saturated carbocycles. The van der Waals surface area contributed by atoms with E-state index < -0.39 is 0 Å². The van der Waals surface area contributed by atoms with Crippen molar-refractivity contribution in [2.45, 2.75) is 46.7 Å². The van der Waals surface area contributed by atoms with Gasteiger partial charge in [-0.2, -0.15) is 0 Å². The molecule has 0 aliphatic heterocycles. The number of methoxy groups -OCH3 is 1. The lowest BCUT2D eigenvalue weighted by molar-refractivity contribution is -0.711. The van der Waals surface area contributed by atoms with Crippen LogP contribution >= 0.6 is 0 Å². The van der Waals surface area contributed by atoms with Gasteiger partial charge in [-0.05, 0) is 0 Å². The molecule has 0 saturated heterocycles. The Morgan fingerprint density at radius 3 is 2.53 bits per heavy atom. The molecule has 0 N–H and O–H groups in total. The standard InChI is InChI=1S/C14H25N2O/c1-7-8-15-12(4)13(5)16(9-10-17-6)14(15)11(2)3/h7,11H,1,8-10H2,2-6H3/q+1. The summed E-state index contributed by atoms with van der Waals surface area (Å²) >= 11 is 0. The van der Waals surface area contributed by atoms with Gasteiger partial charge in [-0.3, -0.25) is 0 Å². The van der Waals surface area contributed by atoms with Crippen molar-refractivity contribution < 1.29 is 9.30 Å². The Morgan fingerprint density at radius 2 is 2.06 bits per heavy atom. The van der Waals surface area contributed by atoms with Gasteiger partial charge < -0.3 is 4.74 Å². The second-order valence-electron chi connectivity index (χ2n) is 4.73. The number of hydrogen-bond donors (Lipinski definition) is 0. The van der Waals surface area contributed by atoms with Crippen molar-refractivity contribution >= 4 is 0 Å². The van der Waals surface area contributed by atoms with Crippen molar-refractivity contribution in [2.75, 3.05) is 13.7 Å². The van der Waals surface area contributed by atoms with Crippen molar-refractivity contribution in [1.82, 2.24) is 4.57 Å². The fraction of sp³-hybridized carbons (Fsp3) is 0.643. The van der Waals surface area contributed by atoms with Crippen molar-refractivity contribution in [3.8, 4) is 0 Å². The van der Waals surface area contributed by atoms with Crippen molar-refractivity contribution in [3.63, 3.8) is 0 Å². The van der Waals surface area contributed by atoms with Crippen LogP contribution in [0.1, 0.15) is 37.0 Å². The lowest BCUT2D eigenvalue weighted by Crippen LogP contribution is -2.42. The van der Waals surface area contributed by atoms with Crippen LogP contribution < -0.4 is 4.57 Å². The summed E-state index contributed by atoms with van der Waals surface area (Å²) in [7, 11) is 1.75. The first-order valence-corrected chi connectivity index (χ1v) is 6.23. The molecule has 0 amide bonds. The largest absolute Gasteiger partial charge is 0.381 e. The van der Waals surface area contributed by atoms with Crippen LogP contribution in [0.5, 0.6) is 0 Å². The summed E-state index contributed by atoms with van der Waals surface area (Å²) in [4.78, 5) is 0. The Kier molecular flexibility index (Phi) is 4.94. The molecular formula is C14H25N2O+. The molecule has 0 unspecified atom stereocenters. The molecule has 1 aromatic heterocycles. The first-order chi connectivity index (χ1) is 8.04. The van der Waals surface area contributed by atoms with E-state index in [1.165, 1.54) is 17.2 Å². The van der Waals surface area contributed by atoms with E-state index in [2.05, 4.69) is 43.4 Å². The highest BCUT2D eigenvalue weighted by molar-refractivity contribution is 5.10. The van der Waals surface area contributed by atoms with Gasteiger partial charge in [-0.15, -0.1) is 0 Å². The lowest BCUT2D eigenvalue weighted by Gasteiger charge is -2.07. The molecule has 0 aliphatic rings. The summed E-state index contributed by atoms with van der Waals surface area (Å²) in [5.41, 5.74) is 2.65. The number of hydrogen-bond acceptors (Lipinski definition) is 1. The number of aromatic nitrogens is 2. The molecule has 3 nitrogen and oxygen atoms in total. The van der Waals surface area contributed by atoms with Gasteiger partial charge in [0, 0.05) is 21.0 Å². The van der Waals surface area contributed by atoms with Crippen molar-refractivity contribution in [1.29, 1.82) is 0 Å². The molecular weight excluding hydrogens is 212 g/mol. The quantitative estimate of drug-likeness (QED) is 0.548. The van der Waals surface area contributed by atoms with Crippen LogP contribution in [0.2, 0.25) is 0 Å². The highest BCUT2D eigenvalue weighted by Gasteiger charge is 2.26. The molecule has 0 bridgehead atoms. The maximum atomic E-state index is 5.19. The molecule has 0 aromatic carbocycles. The SMILES string of the molecule is C=CCn1c(C)c(C)[n+](CCOC)c1C(C)C. The zero-order chi connectivity index (χ0) is 13.0. The first-order valence-electron chi connectivity index (χ1n) is 6.23. The van der Waals surface area contributed by atoms with Crippen LogP contribution in [-0.2, 0) is 17.8 Å².